The van der Waals surface area contributed by atoms with Gasteiger partial charge >= 0.3 is 35.8 Å². The fourth-order valence-corrected chi connectivity index (χ4v) is 5.20. The smallest absolute Gasteiger partial charge is 0.335 e. The van der Waals surface area contributed by atoms with Gasteiger partial charge in [0.05, 0.1) is 17.8 Å². The van der Waals surface area contributed by atoms with E-state index in [4.69, 9.17) is 37.9 Å². The van der Waals surface area contributed by atoms with Gasteiger partial charge in [0.1, 0.15) is 19.3 Å². The Balaban J connectivity index is 2.04. The van der Waals surface area contributed by atoms with Crippen LogP contribution in [0.4, 0.5) is 0 Å². The molecule has 0 aromatic heterocycles. The van der Waals surface area contributed by atoms with Crippen molar-refractivity contribution in [1.29, 1.82) is 0 Å². The summed E-state index contributed by atoms with van der Waals surface area (Å²) in [7, 11) is 0. The number of fused-ring (bicyclic) bond motifs is 1. The standard InChI is InChI=1S/C31H42O15/c1-6-20(32)39-13-16-11-12-17-18(29(37)38)14-41-30(25(16)17)46-31-28(45-24(36)10-5)27(44-23(35)9-4)26(43-22(34)8-3)19(42-31)15-40-21(33)7-2/h11,14,17,19,25-28,30-31H,6-10,12-13,15H2,1-5H3,(H,37,38)/t17-,19-,25-,26-,27+,28-,30+,31+/m1/s1. The first kappa shape index (κ1) is 36.5. The molecule has 0 radical (unpaired) electrons. The van der Waals surface area contributed by atoms with E-state index in [0.29, 0.717) is 5.57 Å². The highest BCUT2D eigenvalue weighted by Gasteiger charge is 2.55. The van der Waals surface area contributed by atoms with Gasteiger partial charge in [-0.15, -0.1) is 0 Å². The third kappa shape index (κ3) is 9.06. The molecule has 46 heavy (non-hydrogen) atoms. The average Bonchev–Trinajstić information content (AvgIpc) is 3.48. The molecule has 2 heterocycles. The molecule has 0 spiro atoms. The summed E-state index contributed by atoms with van der Waals surface area (Å²) >= 11 is 0. The van der Waals surface area contributed by atoms with Crippen molar-refractivity contribution in [3.05, 3.63) is 23.5 Å². The van der Waals surface area contributed by atoms with Crippen LogP contribution in [0, 0.1) is 11.8 Å². The maximum absolute atomic E-state index is 12.7. The minimum atomic E-state index is -1.56. The molecule has 15 nitrogen and oxygen atoms in total. The van der Waals surface area contributed by atoms with Crippen LogP contribution in [0.25, 0.3) is 0 Å². The van der Waals surface area contributed by atoms with Crippen molar-refractivity contribution in [3.63, 3.8) is 0 Å². The Morgan fingerprint density at radius 3 is 1.85 bits per heavy atom. The van der Waals surface area contributed by atoms with Crippen LogP contribution in [-0.4, -0.2) is 91.1 Å². The Labute approximate surface area is 266 Å². The summed E-state index contributed by atoms with van der Waals surface area (Å²) in [5.74, 6) is -5.78. The van der Waals surface area contributed by atoms with Crippen LogP contribution in [0.2, 0.25) is 0 Å². The fourth-order valence-electron chi connectivity index (χ4n) is 5.20. The predicted octanol–water partition coefficient (Wildman–Crippen LogP) is 2.49. The van der Waals surface area contributed by atoms with Crippen LogP contribution < -0.4 is 0 Å². The number of hydrogen-bond donors (Lipinski definition) is 1. The van der Waals surface area contributed by atoms with E-state index in [1.165, 1.54) is 13.8 Å². The molecular weight excluding hydrogens is 612 g/mol. The third-order valence-corrected chi connectivity index (χ3v) is 7.68. The van der Waals surface area contributed by atoms with Crippen molar-refractivity contribution in [3.8, 4) is 0 Å². The molecule has 0 aromatic carbocycles. The van der Waals surface area contributed by atoms with E-state index in [1.807, 2.05) is 0 Å². The summed E-state index contributed by atoms with van der Waals surface area (Å²) in [5, 5.41) is 9.82. The van der Waals surface area contributed by atoms with Crippen LogP contribution in [0.15, 0.2) is 23.5 Å². The second kappa shape index (κ2) is 17.1. The topological polar surface area (TPSA) is 196 Å². The van der Waals surface area contributed by atoms with Crippen LogP contribution in [0.3, 0.4) is 0 Å². The molecule has 0 bridgehead atoms. The highest BCUT2D eigenvalue weighted by Crippen LogP contribution is 2.45. The Morgan fingerprint density at radius 2 is 1.28 bits per heavy atom. The summed E-state index contributed by atoms with van der Waals surface area (Å²) in [6.45, 7) is 7.25. The molecule has 1 saturated heterocycles. The van der Waals surface area contributed by atoms with Gasteiger partial charge in [0.2, 0.25) is 12.6 Å². The van der Waals surface area contributed by atoms with E-state index in [0.717, 1.165) is 6.26 Å². The van der Waals surface area contributed by atoms with E-state index in [-0.39, 0.29) is 50.7 Å². The van der Waals surface area contributed by atoms with Crippen molar-refractivity contribution in [2.45, 2.75) is 110 Å². The highest BCUT2D eigenvalue weighted by molar-refractivity contribution is 5.87. The number of hydrogen-bond acceptors (Lipinski definition) is 14. The van der Waals surface area contributed by atoms with E-state index >= 15 is 0 Å². The molecule has 0 amide bonds. The second-order valence-electron chi connectivity index (χ2n) is 10.7. The number of carboxylic acid groups (broad SMARTS) is 1. The molecule has 256 valence electrons. The molecule has 1 fully saturated rings. The molecule has 0 unspecified atom stereocenters. The lowest BCUT2D eigenvalue weighted by Gasteiger charge is -2.46. The van der Waals surface area contributed by atoms with E-state index in [1.54, 1.807) is 26.8 Å². The van der Waals surface area contributed by atoms with Gasteiger partial charge in [-0.2, -0.15) is 0 Å². The van der Waals surface area contributed by atoms with Gasteiger partial charge in [0.25, 0.3) is 0 Å². The number of rotatable bonds is 15. The molecule has 1 N–H and O–H groups in total. The molecule has 3 rings (SSSR count). The zero-order valence-corrected chi connectivity index (χ0v) is 26.6. The Morgan fingerprint density at radius 1 is 0.739 bits per heavy atom. The van der Waals surface area contributed by atoms with Crippen LogP contribution >= 0.6 is 0 Å². The summed E-state index contributed by atoms with van der Waals surface area (Å²) in [6.07, 6.45) is -5.39. The first-order valence-corrected chi connectivity index (χ1v) is 15.5. The van der Waals surface area contributed by atoms with Crippen molar-refractivity contribution < 1.29 is 71.8 Å². The first-order chi connectivity index (χ1) is 22.0. The van der Waals surface area contributed by atoms with E-state index in [2.05, 4.69) is 0 Å². The predicted molar refractivity (Wildman–Crippen MR) is 153 cm³/mol. The van der Waals surface area contributed by atoms with Gasteiger partial charge in [-0.05, 0) is 12.0 Å². The summed E-state index contributed by atoms with van der Waals surface area (Å²) in [6, 6.07) is 0. The summed E-state index contributed by atoms with van der Waals surface area (Å²) < 4.78 is 45.8. The molecule has 1 aliphatic carbocycles. The van der Waals surface area contributed by atoms with Crippen molar-refractivity contribution in [2.24, 2.45) is 11.8 Å². The quantitative estimate of drug-likeness (QED) is 0.153. The molecular formula is C31H42O15. The summed E-state index contributed by atoms with van der Waals surface area (Å²) in [4.78, 5) is 73.8. The Hall–Kier alpha value is -3.98. The maximum atomic E-state index is 12.7. The van der Waals surface area contributed by atoms with Crippen molar-refractivity contribution in [2.75, 3.05) is 13.2 Å². The van der Waals surface area contributed by atoms with E-state index < -0.39 is 91.3 Å². The number of esters is 5. The first-order valence-electron chi connectivity index (χ1n) is 15.5. The molecule has 0 aromatic rings. The number of carbonyl (C=O) groups is 6. The Kier molecular flexibility index (Phi) is 13.5. The molecule has 15 heteroatoms. The van der Waals surface area contributed by atoms with Crippen molar-refractivity contribution in [1.82, 2.24) is 0 Å². The maximum Gasteiger partial charge on any atom is 0.335 e. The van der Waals surface area contributed by atoms with Gasteiger partial charge in [-0.25, -0.2) is 4.79 Å². The largest absolute Gasteiger partial charge is 0.478 e. The number of allylic oxidation sites excluding steroid dienone is 1. The normalized spacial score (nSPS) is 28.4. The lowest BCUT2D eigenvalue weighted by Crippen LogP contribution is -2.64. The average molecular weight is 655 g/mol. The molecule has 2 aliphatic heterocycles. The molecule has 8 atom stereocenters. The lowest BCUT2D eigenvalue weighted by atomic mass is 9.83. The minimum absolute atomic E-state index is 0.0258. The molecule has 3 aliphatic rings. The van der Waals surface area contributed by atoms with Crippen molar-refractivity contribution >= 4 is 35.8 Å². The van der Waals surface area contributed by atoms with Gasteiger partial charge < -0.3 is 43.0 Å². The van der Waals surface area contributed by atoms with E-state index in [9.17, 15) is 33.9 Å². The monoisotopic (exact) mass is 654 g/mol. The fraction of sp³-hybridized carbons (Fsp3) is 0.677. The summed E-state index contributed by atoms with van der Waals surface area (Å²) in [5.41, 5.74) is 0.515. The van der Waals surface area contributed by atoms with Crippen LogP contribution in [0.5, 0.6) is 0 Å². The molecule has 0 saturated carbocycles. The van der Waals surface area contributed by atoms with Gasteiger partial charge in [0, 0.05) is 38.0 Å². The zero-order chi connectivity index (χ0) is 34.0. The van der Waals surface area contributed by atoms with Crippen LogP contribution in [0.1, 0.15) is 73.1 Å². The lowest BCUT2D eigenvalue weighted by molar-refractivity contribution is -0.342. The zero-order valence-electron chi connectivity index (χ0n) is 26.6. The van der Waals surface area contributed by atoms with Gasteiger partial charge in [-0.3, -0.25) is 24.0 Å². The minimum Gasteiger partial charge on any atom is -0.478 e. The van der Waals surface area contributed by atoms with Gasteiger partial charge in [-0.1, -0.05) is 40.7 Å². The number of ether oxygens (including phenoxy) is 8. The number of aliphatic carboxylic acids is 1. The number of carboxylic acids is 1. The highest BCUT2D eigenvalue weighted by atomic mass is 16.8. The number of carbonyl (C=O) groups excluding carboxylic acids is 5. The van der Waals surface area contributed by atoms with Gasteiger partial charge in [0.15, 0.2) is 18.3 Å². The van der Waals surface area contributed by atoms with Crippen LogP contribution in [-0.2, 0) is 66.7 Å². The second-order valence-corrected chi connectivity index (χ2v) is 10.7. The SMILES string of the molecule is CCC(=O)OCC1=CC[C@@H]2C(C(=O)O)=CO[C@@H](O[C@@H]3O[C@H](COC(=O)CC)[C@@H](OC(=O)CC)[C@H](OC(=O)CC)[C@H]3OC(=O)CC)[C@H]12. The Bertz CT molecular complexity index is 1210. The third-order valence-electron chi connectivity index (χ3n) is 7.68.